The average Bonchev–Trinajstić information content (AvgIpc) is 2.22. The van der Waals surface area contributed by atoms with Crippen LogP contribution in [-0.2, 0) is 0 Å². The Balaban J connectivity index is 2.02. The van der Waals surface area contributed by atoms with Gasteiger partial charge in [-0.25, -0.2) is 0 Å². The third-order valence-corrected chi connectivity index (χ3v) is 4.08. The van der Waals surface area contributed by atoms with E-state index in [1.54, 1.807) is 0 Å². The molecular formula is C14H20BrN. The van der Waals surface area contributed by atoms with E-state index in [2.05, 4.69) is 53.3 Å². The topological polar surface area (TPSA) is 12.0 Å². The summed E-state index contributed by atoms with van der Waals surface area (Å²) < 4.78 is 1.19. The van der Waals surface area contributed by atoms with E-state index in [4.69, 9.17) is 0 Å². The fourth-order valence-corrected chi connectivity index (χ4v) is 3.13. The van der Waals surface area contributed by atoms with Gasteiger partial charge in [0.05, 0.1) is 0 Å². The normalized spacial score (nSPS) is 25.4. The molecule has 0 bridgehead atoms. The van der Waals surface area contributed by atoms with Gasteiger partial charge in [0.2, 0.25) is 0 Å². The summed E-state index contributed by atoms with van der Waals surface area (Å²) in [6, 6.07) is 7.18. The van der Waals surface area contributed by atoms with E-state index in [9.17, 15) is 0 Å². The van der Waals surface area contributed by atoms with Crippen molar-refractivity contribution < 1.29 is 0 Å². The average molecular weight is 282 g/mol. The van der Waals surface area contributed by atoms with Crippen LogP contribution in [0.5, 0.6) is 0 Å². The van der Waals surface area contributed by atoms with Crippen molar-refractivity contribution in [3.05, 3.63) is 28.2 Å². The number of rotatable bonds is 2. The second-order valence-electron chi connectivity index (χ2n) is 5.10. The number of nitrogens with one attached hydrogen (secondary N) is 1. The maximum Gasteiger partial charge on any atom is 0.0486 e. The molecule has 1 N–H and O–H groups in total. The Morgan fingerprint density at radius 1 is 1.31 bits per heavy atom. The largest absolute Gasteiger partial charge is 0.381 e. The van der Waals surface area contributed by atoms with Crippen molar-refractivity contribution in [3.63, 3.8) is 0 Å². The van der Waals surface area contributed by atoms with Crippen LogP contribution >= 0.6 is 15.9 Å². The SMILES string of the molecule is Cc1ccc(NC2CCCC(C)C2)c(Br)c1. The zero-order valence-electron chi connectivity index (χ0n) is 10.1. The lowest BCUT2D eigenvalue weighted by molar-refractivity contribution is 0.358. The van der Waals surface area contributed by atoms with E-state index in [1.165, 1.54) is 41.4 Å². The number of hydrogen-bond donors (Lipinski definition) is 1. The minimum absolute atomic E-state index is 0.655. The molecule has 0 radical (unpaired) electrons. The smallest absolute Gasteiger partial charge is 0.0486 e. The number of anilines is 1. The van der Waals surface area contributed by atoms with Crippen molar-refractivity contribution in [2.24, 2.45) is 5.92 Å². The molecule has 1 fully saturated rings. The van der Waals surface area contributed by atoms with E-state index < -0.39 is 0 Å². The Labute approximate surface area is 107 Å². The molecule has 2 atom stereocenters. The van der Waals surface area contributed by atoms with Crippen LogP contribution in [0, 0.1) is 12.8 Å². The highest BCUT2D eigenvalue weighted by molar-refractivity contribution is 9.10. The Kier molecular flexibility index (Phi) is 3.91. The molecule has 0 aromatic heterocycles. The van der Waals surface area contributed by atoms with Crippen molar-refractivity contribution in [1.29, 1.82) is 0 Å². The highest BCUT2D eigenvalue weighted by Gasteiger charge is 2.18. The van der Waals surface area contributed by atoms with Gasteiger partial charge in [-0.2, -0.15) is 0 Å². The quantitative estimate of drug-likeness (QED) is 0.825. The lowest BCUT2D eigenvalue weighted by Gasteiger charge is -2.28. The molecule has 0 amide bonds. The van der Waals surface area contributed by atoms with Crippen LogP contribution in [0.25, 0.3) is 0 Å². The van der Waals surface area contributed by atoms with Crippen LogP contribution in [0.1, 0.15) is 38.2 Å². The molecule has 2 rings (SSSR count). The molecule has 1 aliphatic carbocycles. The minimum Gasteiger partial charge on any atom is -0.381 e. The predicted octanol–water partition coefficient (Wildman–Crippen LogP) is 4.75. The van der Waals surface area contributed by atoms with Gasteiger partial charge in [0.1, 0.15) is 0 Å². The van der Waals surface area contributed by atoms with Crippen LogP contribution in [-0.4, -0.2) is 6.04 Å². The van der Waals surface area contributed by atoms with Crippen molar-refractivity contribution in [2.45, 2.75) is 45.6 Å². The molecule has 2 heteroatoms. The fourth-order valence-electron chi connectivity index (χ4n) is 2.52. The molecule has 16 heavy (non-hydrogen) atoms. The Hall–Kier alpha value is -0.500. The first kappa shape index (κ1) is 12.0. The van der Waals surface area contributed by atoms with E-state index in [-0.39, 0.29) is 0 Å². The predicted molar refractivity (Wildman–Crippen MR) is 73.9 cm³/mol. The van der Waals surface area contributed by atoms with E-state index in [0.29, 0.717) is 6.04 Å². The molecule has 1 aliphatic rings. The van der Waals surface area contributed by atoms with Crippen molar-refractivity contribution in [2.75, 3.05) is 5.32 Å². The van der Waals surface area contributed by atoms with Gasteiger partial charge >= 0.3 is 0 Å². The minimum atomic E-state index is 0.655. The number of aryl methyl sites for hydroxylation is 1. The Morgan fingerprint density at radius 2 is 2.12 bits per heavy atom. The molecule has 1 saturated carbocycles. The van der Waals surface area contributed by atoms with Crippen LogP contribution < -0.4 is 5.32 Å². The van der Waals surface area contributed by atoms with Gasteiger partial charge in [0, 0.05) is 16.2 Å². The molecule has 2 unspecified atom stereocenters. The maximum atomic E-state index is 3.66. The fraction of sp³-hybridized carbons (Fsp3) is 0.571. The van der Waals surface area contributed by atoms with Crippen molar-refractivity contribution >= 4 is 21.6 Å². The van der Waals surface area contributed by atoms with E-state index >= 15 is 0 Å². The van der Waals surface area contributed by atoms with Crippen LogP contribution in [0.15, 0.2) is 22.7 Å². The summed E-state index contributed by atoms with van der Waals surface area (Å²) in [5, 5.41) is 3.66. The van der Waals surface area contributed by atoms with Gasteiger partial charge in [-0.15, -0.1) is 0 Å². The van der Waals surface area contributed by atoms with E-state index in [1.807, 2.05) is 0 Å². The summed E-state index contributed by atoms with van der Waals surface area (Å²) in [4.78, 5) is 0. The van der Waals surface area contributed by atoms with Gasteiger partial charge in [-0.3, -0.25) is 0 Å². The summed E-state index contributed by atoms with van der Waals surface area (Å²) in [5.74, 6) is 0.871. The Morgan fingerprint density at radius 3 is 2.81 bits per heavy atom. The standard InChI is InChI=1S/C14H20BrN/c1-10-4-3-5-12(8-10)16-14-7-6-11(2)9-13(14)15/h6-7,9-10,12,16H,3-5,8H2,1-2H3. The molecule has 0 aliphatic heterocycles. The summed E-state index contributed by atoms with van der Waals surface area (Å²) in [7, 11) is 0. The molecular weight excluding hydrogens is 262 g/mol. The summed E-state index contributed by atoms with van der Waals surface area (Å²) in [5.41, 5.74) is 2.54. The summed E-state index contributed by atoms with van der Waals surface area (Å²) >= 11 is 3.63. The van der Waals surface area contributed by atoms with Crippen LogP contribution in [0.2, 0.25) is 0 Å². The lowest BCUT2D eigenvalue weighted by atomic mass is 9.87. The maximum absolute atomic E-state index is 3.66. The van der Waals surface area contributed by atoms with Gasteiger partial charge in [-0.05, 0) is 59.3 Å². The number of benzene rings is 1. The third-order valence-electron chi connectivity index (χ3n) is 3.42. The first-order valence-corrected chi connectivity index (χ1v) is 6.97. The second kappa shape index (κ2) is 5.22. The Bertz CT molecular complexity index is 362. The summed E-state index contributed by atoms with van der Waals surface area (Å²) in [6.45, 7) is 4.48. The first-order valence-electron chi connectivity index (χ1n) is 6.18. The van der Waals surface area contributed by atoms with Gasteiger partial charge in [-0.1, -0.05) is 25.8 Å². The monoisotopic (exact) mass is 281 g/mol. The van der Waals surface area contributed by atoms with Crippen molar-refractivity contribution in [3.8, 4) is 0 Å². The van der Waals surface area contributed by atoms with Gasteiger partial charge in [0.15, 0.2) is 0 Å². The van der Waals surface area contributed by atoms with Crippen molar-refractivity contribution in [1.82, 2.24) is 0 Å². The third kappa shape index (κ3) is 3.00. The number of halogens is 1. The molecule has 1 aromatic rings. The molecule has 0 heterocycles. The van der Waals surface area contributed by atoms with Crippen LogP contribution in [0.3, 0.4) is 0 Å². The first-order chi connectivity index (χ1) is 7.65. The molecule has 1 nitrogen and oxygen atoms in total. The van der Waals surface area contributed by atoms with E-state index in [0.717, 1.165) is 5.92 Å². The lowest BCUT2D eigenvalue weighted by Crippen LogP contribution is -2.26. The van der Waals surface area contributed by atoms with Gasteiger partial charge in [0.25, 0.3) is 0 Å². The van der Waals surface area contributed by atoms with Crippen LogP contribution in [0.4, 0.5) is 5.69 Å². The van der Waals surface area contributed by atoms with Gasteiger partial charge < -0.3 is 5.32 Å². The molecule has 88 valence electrons. The highest BCUT2D eigenvalue weighted by Crippen LogP contribution is 2.29. The zero-order chi connectivity index (χ0) is 11.5. The highest BCUT2D eigenvalue weighted by atomic mass is 79.9. The zero-order valence-corrected chi connectivity index (χ0v) is 11.7. The summed E-state index contributed by atoms with van der Waals surface area (Å²) in [6.07, 6.45) is 5.38. The molecule has 0 spiro atoms. The number of hydrogen-bond acceptors (Lipinski definition) is 1. The molecule has 0 saturated heterocycles. The molecule has 1 aromatic carbocycles. The second-order valence-corrected chi connectivity index (χ2v) is 5.95.